The summed E-state index contributed by atoms with van der Waals surface area (Å²) in [5.74, 6) is 0.782. The molecule has 1 aromatic heterocycles. The normalized spacial score (nSPS) is 10.4. The van der Waals surface area contributed by atoms with Gasteiger partial charge in [-0.2, -0.15) is 0 Å². The molecule has 0 atom stereocenters. The zero-order valence-corrected chi connectivity index (χ0v) is 11.9. The fraction of sp³-hybridized carbons (Fsp3) is 0.214. The molecule has 1 heterocycles. The topological polar surface area (TPSA) is 31.2 Å². The first kappa shape index (κ1) is 12.9. The summed E-state index contributed by atoms with van der Waals surface area (Å²) in [5, 5.41) is 0.568. The van der Waals surface area contributed by atoms with Crippen molar-refractivity contribution in [2.45, 2.75) is 5.33 Å². The molecule has 0 unspecified atom stereocenters. The lowest BCUT2D eigenvalue weighted by atomic mass is 10.1. The van der Waals surface area contributed by atoms with Gasteiger partial charge in [0.25, 0.3) is 5.56 Å². The molecule has 0 saturated heterocycles. The highest BCUT2D eigenvalue weighted by atomic mass is 79.9. The molecule has 18 heavy (non-hydrogen) atoms. The van der Waals surface area contributed by atoms with Crippen molar-refractivity contribution in [3.05, 3.63) is 52.3 Å². The molecule has 0 bridgehead atoms. The van der Waals surface area contributed by atoms with Gasteiger partial charge in [0.05, 0.1) is 12.8 Å². The van der Waals surface area contributed by atoms with Crippen molar-refractivity contribution in [3.63, 3.8) is 0 Å². The molecule has 94 valence electrons. The van der Waals surface area contributed by atoms with Crippen LogP contribution in [-0.2, 0) is 12.4 Å². The first-order chi connectivity index (χ1) is 8.67. The van der Waals surface area contributed by atoms with Gasteiger partial charge in [0.1, 0.15) is 5.75 Å². The molecule has 0 spiro atoms. The Morgan fingerprint density at radius 3 is 2.72 bits per heavy atom. The molecular formula is C14H14BrNO2. The minimum Gasteiger partial charge on any atom is -0.497 e. The van der Waals surface area contributed by atoms with Gasteiger partial charge in [-0.05, 0) is 18.2 Å². The van der Waals surface area contributed by atoms with Crippen molar-refractivity contribution in [3.8, 4) is 17.0 Å². The fourth-order valence-electron chi connectivity index (χ4n) is 1.86. The molecule has 0 radical (unpaired) electrons. The lowest BCUT2D eigenvalue weighted by molar-refractivity contribution is 0.415. The molecule has 0 N–H and O–H groups in total. The molecule has 0 aliphatic heterocycles. The lowest BCUT2D eigenvalue weighted by Gasteiger charge is -2.10. The van der Waals surface area contributed by atoms with E-state index in [1.54, 1.807) is 18.7 Å². The highest BCUT2D eigenvalue weighted by Crippen LogP contribution is 2.22. The molecule has 0 fully saturated rings. The molecule has 4 heteroatoms. The number of benzene rings is 1. The third-order valence-electron chi connectivity index (χ3n) is 2.89. The number of aromatic nitrogens is 1. The summed E-state index contributed by atoms with van der Waals surface area (Å²) in [7, 11) is 3.41. The van der Waals surface area contributed by atoms with E-state index >= 15 is 0 Å². The number of halogens is 1. The van der Waals surface area contributed by atoms with E-state index in [1.165, 1.54) is 0 Å². The van der Waals surface area contributed by atoms with Crippen LogP contribution < -0.4 is 10.3 Å². The molecule has 2 aromatic rings. The Kier molecular flexibility index (Phi) is 3.87. The summed E-state index contributed by atoms with van der Waals surface area (Å²) < 4.78 is 6.85. The smallest absolute Gasteiger partial charge is 0.254 e. The number of rotatable bonds is 3. The molecular weight excluding hydrogens is 294 g/mol. The van der Waals surface area contributed by atoms with Crippen molar-refractivity contribution in [2.75, 3.05) is 7.11 Å². The van der Waals surface area contributed by atoms with Crippen LogP contribution in [0.15, 0.2) is 41.2 Å². The average Bonchev–Trinajstić information content (AvgIpc) is 2.42. The van der Waals surface area contributed by atoms with Gasteiger partial charge in [0, 0.05) is 23.5 Å². The van der Waals surface area contributed by atoms with Crippen LogP contribution in [0.25, 0.3) is 11.3 Å². The summed E-state index contributed by atoms with van der Waals surface area (Å²) in [6.07, 6.45) is 0. The maximum Gasteiger partial charge on any atom is 0.254 e. The van der Waals surface area contributed by atoms with Crippen molar-refractivity contribution in [2.24, 2.45) is 7.05 Å². The maximum atomic E-state index is 12.1. The van der Waals surface area contributed by atoms with Crippen molar-refractivity contribution in [1.29, 1.82) is 0 Å². The fourth-order valence-corrected chi connectivity index (χ4v) is 2.29. The molecule has 0 aliphatic carbocycles. The van der Waals surface area contributed by atoms with Gasteiger partial charge in [-0.25, -0.2) is 0 Å². The van der Waals surface area contributed by atoms with Crippen molar-refractivity contribution < 1.29 is 4.74 Å². The third-order valence-corrected chi connectivity index (χ3v) is 3.50. The number of nitrogens with zero attached hydrogens (tertiary/aromatic N) is 1. The standard InChI is InChI=1S/C14H14BrNO2/c1-16-13(7-6-11(9-15)14(16)17)10-4-3-5-12(8-10)18-2/h3-8H,9H2,1-2H3. The van der Waals surface area contributed by atoms with E-state index in [4.69, 9.17) is 4.74 Å². The van der Waals surface area contributed by atoms with Gasteiger partial charge < -0.3 is 9.30 Å². The van der Waals surface area contributed by atoms with Crippen molar-refractivity contribution >= 4 is 15.9 Å². The number of hydrogen-bond acceptors (Lipinski definition) is 2. The van der Waals surface area contributed by atoms with Gasteiger partial charge in [-0.3, -0.25) is 4.79 Å². The van der Waals surface area contributed by atoms with Crippen molar-refractivity contribution in [1.82, 2.24) is 4.57 Å². The van der Waals surface area contributed by atoms with E-state index in [0.717, 1.165) is 22.6 Å². The number of methoxy groups -OCH3 is 1. The van der Waals surface area contributed by atoms with Crippen LogP contribution in [0.3, 0.4) is 0 Å². The number of pyridine rings is 1. The van der Waals surface area contributed by atoms with Crippen LogP contribution in [0.4, 0.5) is 0 Å². The van der Waals surface area contributed by atoms with Crippen LogP contribution in [-0.4, -0.2) is 11.7 Å². The Morgan fingerprint density at radius 1 is 1.28 bits per heavy atom. The Morgan fingerprint density at radius 2 is 2.06 bits per heavy atom. The van der Waals surface area contributed by atoms with Gasteiger partial charge in [0.15, 0.2) is 0 Å². The van der Waals surface area contributed by atoms with E-state index < -0.39 is 0 Å². The van der Waals surface area contributed by atoms with Crippen LogP contribution in [0.5, 0.6) is 5.75 Å². The lowest BCUT2D eigenvalue weighted by Crippen LogP contribution is -2.21. The maximum absolute atomic E-state index is 12.1. The first-order valence-electron chi connectivity index (χ1n) is 5.56. The SMILES string of the molecule is COc1cccc(-c2ccc(CBr)c(=O)n2C)c1. The zero-order chi connectivity index (χ0) is 13.1. The van der Waals surface area contributed by atoms with E-state index in [2.05, 4.69) is 15.9 Å². The minimum atomic E-state index is 0.0206. The average molecular weight is 308 g/mol. The molecule has 0 amide bonds. The summed E-state index contributed by atoms with van der Waals surface area (Å²) >= 11 is 3.31. The summed E-state index contributed by atoms with van der Waals surface area (Å²) in [6.45, 7) is 0. The van der Waals surface area contributed by atoms with E-state index in [-0.39, 0.29) is 5.56 Å². The molecule has 0 saturated carbocycles. The summed E-state index contributed by atoms with van der Waals surface area (Å²) in [4.78, 5) is 12.1. The molecule has 2 rings (SSSR count). The van der Waals surface area contributed by atoms with Gasteiger partial charge in [-0.15, -0.1) is 0 Å². The predicted octanol–water partition coefficient (Wildman–Crippen LogP) is 2.96. The van der Waals surface area contributed by atoms with Crippen LogP contribution in [0.2, 0.25) is 0 Å². The third kappa shape index (κ3) is 2.34. The first-order valence-corrected chi connectivity index (χ1v) is 6.69. The van der Waals surface area contributed by atoms with E-state index in [0.29, 0.717) is 5.33 Å². The largest absolute Gasteiger partial charge is 0.497 e. The van der Waals surface area contributed by atoms with Gasteiger partial charge in [-0.1, -0.05) is 34.1 Å². The highest BCUT2D eigenvalue weighted by Gasteiger charge is 2.07. The Balaban J connectivity index is 2.57. The van der Waals surface area contributed by atoms with Gasteiger partial charge in [0.2, 0.25) is 0 Å². The van der Waals surface area contributed by atoms with E-state index in [9.17, 15) is 4.79 Å². The van der Waals surface area contributed by atoms with Crippen LogP contribution in [0.1, 0.15) is 5.56 Å². The van der Waals surface area contributed by atoms with Crippen LogP contribution in [0, 0.1) is 0 Å². The Hall–Kier alpha value is -1.55. The zero-order valence-electron chi connectivity index (χ0n) is 10.3. The highest BCUT2D eigenvalue weighted by molar-refractivity contribution is 9.08. The van der Waals surface area contributed by atoms with Gasteiger partial charge >= 0.3 is 0 Å². The minimum absolute atomic E-state index is 0.0206. The predicted molar refractivity (Wildman–Crippen MR) is 76.3 cm³/mol. The molecule has 0 aliphatic rings. The number of hydrogen-bond donors (Lipinski definition) is 0. The molecule has 1 aromatic carbocycles. The molecule has 3 nitrogen and oxygen atoms in total. The monoisotopic (exact) mass is 307 g/mol. The number of ether oxygens (including phenoxy) is 1. The Bertz CT molecular complexity index is 619. The quantitative estimate of drug-likeness (QED) is 0.816. The second-order valence-electron chi connectivity index (χ2n) is 3.97. The second-order valence-corrected chi connectivity index (χ2v) is 4.53. The summed E-state index contributed by atoms with van der Waals surface area (Å²) in [6, 6.07) is 11.5. The number of alkyl halides is 1. The van der Waals surface area contributed by atoms with Crippen LogP contribution >= 0.6 is 15.9 Å². The summed E-state index contributed by atoms with van der Waals surface area (Å²) in [5.41, 5.74) is 2.62. The van der Waals surface area contributed by atoms with E-state index in [1.807, 2.05) is 36.4 Å². The second kappa shape index (κ2) is 5.40. The Labute approximate surface area is 114 Å².